The molecule has 1 aliphatic rings. The van der Waals surface area contributed by atoms with Gasteiger partial charge in [0.25, 0.3) is 0 Å². The first-order valence-corrected chi connectivity index (χ1v) is 9.73. The first kappa shape index (κ1) is 17.0. The van der Waals surface area contributed by atoms with Crippen LogP contribution in [0.2, 0.25) is 0 Å². The lowest BCUT2D eigenvalue weighted by Crippen LogP contribution is -2.35. The van der Waals surface area contributed by atoms with Crippen LogP contribution in [0.15, 0.2) is 12.1 Å². The van der Waals surface area contributed by atoms with E-state index in [1.54, 1.807) is 9.75 Å². The summed E-state index contributed by atoms with van der Waals surface area (Å²) in [7, 11) is 0. The van der Waals surface area contributed by atoms with Crippen LogP contribution in [0.25, 0.3) is 0 Å². The molecule has 1 fully saturated rings. The summed E-state index contributed by atoms with van der Waals surface area (Å²) >= 11 is 2.04. The van der Waals surface area contributed by atoms with Crippen LogP contribution in [0, 0.1) is 23.7 Å². The molecule has 1 aliphatic carbocycles. The molecule has 1 aromatic heterocycles. The van der Waals surface area contributed by atoms with Crippen LogP contribution in [0.1, 0.15) is 56.7 Å². The highest BCUT2D eigenvalue weighted by Crippen LogP contribution is 2.39. The number of thiophene rings is 1. The summed E-state index contributed by atoms with van der Waals surface area (Å²) in [5.74, 6) is 3.56. The minimum atomic E-state index is 0.849. The van der Waals surface area contributed by atoms with Crippen molar-refractivity contribution in [1.82, 2.24) is 5.32 Å². The zero-order chi connectivity index (χ0) is 15.2. The highest BCUT2D eigenvalue weighted by molar-refractivity contribution is 7.11. The van der Waals surface area contributed by atoms with Gasteiger partial charge in [0.15, 0.2) is 0 Å². The van der Waals surface area contributed by atoms with E-state index in [0.717, 1.165) is 30.2 Å². The van der Waals surface area contributed by atoms with E-state index in [4.69, 9.17) is 0 Å². The lowest BCUT2D eigenvalue weighted by Gasteiger charge is -2.38. The highest BCUT2D eigenvalue weighted by Gasteiger charge is 2.31. The first-order chi connectivity index (χ1) is 10.1. The van der Waals surface area contributed by atoms with Gasteiger partial charge in [-0.1, -0.05) is 27.7 Å². The zero-order valence-corrected chi connectivity index (χ0v) is 15.1. The largest absolute Gasteiger partial charge is 0.317 e. The van der Waals surface area contributed by atoms with Crippen LogP contribution >= 0.6 is 11.3 Å². The van der Waals surface area contributed by atoms with Gasteiger partial charge in [-0.05, 0) is 81.0 Å². The molecule has 21 heavy (non-hydrogen) atoms. The molecule has 120 valence electrons. The molecule has 0 bridgehead atoms. The van der Waals surface area contributed by atoms with Crippen molar-refractivity contribution in [3.05, 3.63) is 21.9 Å². The third-order valence-electron chi connectivity index (χ3n) is 5.31. The molecule has 3 atom stereocenters. The normalized spacial score (nSPS) is 26.4. The molecule has 0 spiro atoms. The van der Waals surface area contributed by atoms with Gasteiger partial charge in [-0.2, -0.15) is 0 Å². The van der Waals surface area contributed by atoms with Crippen molar-refractivity contribution in [3.63, 3.8) is 0 Å². The first-order valence-electron chi connectivity index (χ1n) is 8.92. The fraction of sp³-hybridized carbons (Fsp3) is 0.789. The molecule has 2 rings (SSSR count). The molecule has 0 aliphatic heterocycles. The Bertz CT molecular complexity index is 409. The van der Waals surface area contributed by atoms with E-state index < -0.39 is 0 Å². The number of nitrogens with one attached hydrogen (secondary N) is 1. The fourth-order valence-corrected chi connectivity index (χ4v) is 4.85. The second kappa shape index (κ2) is 8.33. The summed E-state index contributed by atoms with van der Waals surface area (Å²) in [6.07, 6.45) is 6.79. The van der Waals surface area contributed by atoms with E-state index in [1.165, 1.54) is 38.6 Å². The van der Waals surface area contributed by atoms with Crippen LogP contribution in [-0.4, -0.2) is 13.1 Å². The molecule has 0 amide bonds. The van der Waals surface area contributed by atoms with Gasteiger partial charge in [-0.3, -0.25) is 0 Å². The van der Waals surface area contributed by atoms with E-state index in [0.29, 0.717) is 0 Å². The monoisotopic (exact) mass is 307 g/mol. The van der Waals surface area contributed by atoms with Crippen LogP contribution in [0.3, 0.4) is 0 Å². The van der Waals surface area contributed by atoms with E-state index in [-0.39, 0.29) is 0 Å². The second-order valence-electron chi connectivity index (χ2n) is 7.07. The van der Waals surface area contributed by atoms with Crippen molar-refractivity contribution in [2.24, 2.45) is 23.7 Å². The molecule has 1 nitrogen and oxygen atoms in total. The van der Waals surface area contributed by atoms with Gasteiger partial charge in [-0.15, -0.1) is 11.3 Å². The SMILES string of the molecule is CCNCC1CCC(C(C)C)CC1Cc1ccc(CC)s1. The van der Waals surface area contributed by atoms with Crippen LogP contribution in [-0.2, 0) is 12.8 Å². The van der Waals surface area contributed by atoms with Crippen LogP contribution in [0.4, 0.5) is 0 Å². The van der Waals surface area contributed by atoms with Gasteiger partial charge in [0.05, 0.1) is 0 Å². The smallest absolute Gasteiger partial charge is 0.00510 e. The summed E-state index contributed by atoms with van der Waals surface area (Å²) in [4.78, 5) is 3.16. The molecule has 3 unspecified atom stereocenters. The fourth-order valence-electron chi connectivity index (χ4n) is 3.80. The Kier molecular flexibility index (Phi) is 6.75. The summed E-state index contributed by atoms with van der Waals surface area (Å²) < 4.78 is 0. The Morgan fingerprint density at radius 1 is 1.14 bits per heavy atom. The van der Waals surface area contributed by atoms with E-state index >= 15 is 0 Å². The van der Waals surface area contributed by atoms with E-state index in [1.807, 2.05) is 11.3 Å². The molecule has 0 aromatic carbocycles. The second-order valence-corrected chi connectivity index (χ2v) is 8.32. The Morgan fingerprint density at radius 2 is 1.90 bits per heavy atom. The van der Waals surface area contributed by atoms with Crippen LogP contribution < -0.4 is 5.32 Å². The molecule has 1 heterocycles. The summed E-state index contributed by atoms with van der Waals surface area (Å²) in [5.41, 5.74) is 0. The van der Waals surface area contributed by atoms with Gasteiger partial charge in [0.2, 0.25) is 0 Å². The Balaban J connectivity index is 2.01. The third-order valence-corrected chi connectivity index (χ3v) is 6.56. The topological polar surface area (TPSA) is 12.0 Å². The van der Waals surface area contributed by atoms with Crippen molar-refractivity contribution in [2.75, 3.05) is 13.1 Å². The Labute approximate surface area is 135 Å². The van der Waals surface area contributed by atoms with E-state index in [2.05, 4.69) is 45.1 Å². The lowest BCUT2D eigenvalue weighted by atomic mass is 9.69. The average molecular weight is 308 g/mol. The highest BCUT2D eigenvalue weighted by atomic mass is 32.1. The number of aryl methyl sites for hydroxylation is 1. The van der Waals surface area contributed by atoms with E-state index in [9.17, 15) is 0 Å². The van der Waals surface area contributed by atoms with Gasteiger partial charge >= 0.3 is 0 Å². The predicted octanol–water partition coefficient (Wildman–Crippen LogP) is 5.15. The van der Waals surface area contributed by atoms with Crippen molar-refractivity contribution in [1.29, 1.82) is 0 Å². The van der Waals surface area contributed by atoms with Crippen molar-refractivity contribution < 1.29 is 0 Å². The Morgan fingerprint density at radius 3 is 2.52 bits per heavy atom. The number of hydrogen-bond acceptors (Lipinski definition) is 2. The average Bonchev–Trinajstić information content (AvgIpc) is 2.93. The van der Waals surface area contributed by atoms with Crippen molar-refractivity contribution >= 4 is 11.3 Å². The lowest BCUT2D eigenvalue weighted by molar-refractivity contribution is 0.145. The Hall–Kier alpha value is -0.340. The van der Waals surface area contributed by atoms with Crippen LogP contribution in [0.5, 0.6) is 0 Å². The zero-order valence-electron chi connectivity index (χ0n) is 14.3. The predicted molar refractivity (Wildman–Crippen MR) is 95.1 cm³/mol. The maximum absolute atomic E-state index is 3.60. The van der Waals surface area contributed by atoms with Crippen molar-refractivity contribution in [2.45, 2.75) is 59.8 Å². The number of rotatable bonds is 7. The third kappa shape index (κ3) is 4.82. The molecule has 1 aromatic rings. The van der Waals surface area contributed by atoms with Gasteiger partial charge in [0.1, 0.15) is 0 Å². The number of hydrogen-bond donors (Lipinski definition) is 1. The minimum absolute atomic E-state index is 0.849. The van der Waals surface area contributed by atoms with Crippen molar-refractivity contribution in [3.8, 4) is 0 Å². The minimum Gasteiger partial charge on any atom is -0.317 e. The maximum Gasteiger partial charge on any atom is 0.00510 e. The molecule has 1 saturated carbocycles. The standard InChI is InChI=1S/C19H33NS/c1-5-18-9-10-19(21-18)12-17-11-15(14(3)4)7-8-16(17)13-20-6-2/h9-10,14-17,20H,5-8,11-13H2,1-4H3. The maximum atomic E-state index is 3.60. The molecule has 1 N–H and O–H groups in total. The van der Waals surface area contributed by atoms with Gasteiger partial charge < -0.3 is 5.32 Å². The molecule has 0 radical (unpaired) electrons. The molecular weight excluding hydrogens is 274 g/mol. The molecule has 0 saturated heterocycles. The molecule has 2 heteroatoms. The van der Waals surface area contributed by atoms with Gasteiger partial charge in [0, 0.05) is 9.75 Å². The summed E-state index contributed by atoms with van der Waals surface area (Å²) in [5, 5.41) is 3.60. The summed E-state index contributed by atoms with van der Waals surface area (Å²) in [6.45, 7) is 11.6. The van der Waals surface area contributed by atoms with Gasteiger partial charge in [-0.25, -0.2) is 0 Å². The quantitative estimate of drug-likeness (QED) is 0.734. The summed E-state index contributed by atoms with van der Waals surface area (Å²) in [6, 6.07) is 4.72. The molecular formula is C19H33NS.